The van der Waals surface area contributed by atoms with Crippen molar-refractivity contribution in [3.05, 3.63) is 40.3 Å². The Kier molecular flexibility index (Phi) is 3.26. The van der Waals surface area contributed by atoms with Gasteiger partial charge in [0.05, 0.1) is 5.69 Å². The molecule has 1 aromatic carbocycles. The van der Waals surface area contributed by atoms with Crippen LogP contribution in [-0.4, -0.2) is 23.9 Å². The first-order valence-electron chi connectivity index (χ1n) is 6.80. The van der Waals surface area contributed by atoms with E-state index in [4.69, 9.17) is 5.73 Å². The van der Waals surface area contributed by atoms with Gasteiger partial charge in [0, 0.05) is 23.2 Å². The minimum Gasteiger partial charge on any atom is -0.397 e. The summed E-state index contributed by atoms with van der Waals surface area (Å²) < 4.78 is 1.12. The molecule has 4 heteroatoms. The molecule has 1 aromatic heterocycles. The predicted octanol–water partition coefficient (Wildman–Crippen LogP) is 3.58. The number of nitrogens with two attached hydrogens (primary N) is 1. The van der Waals surface area contributed by atoms with E-state index in [-0.39, 0.29) is 5.91 Å². The fourth-order valence-electron chi connectivity index (χ4n) is 2.54. The second-order valence-corrected chi connectivity index (χ2v) is 6.37. The highest BCUT2D eigenvalue weighted by Crippen LogP contribution is 2.36. The van der Waals surface area contributed by atoms with Gasteiger partial charge in [-0.15, -0.1) is 11.3 Å². The maximum Gasteiger partial charge on any atom is 0.266 e. The van der Waals surface area contributed by atoms with Crippen LogP contribution in [0.25, 0.3) is 10.1 Å². The zero-order chi connectivity index (χ0) is 14.3. The topological polar surface area (TPSA) is 46.3 Å². The Morgan fingerprint density at radius 3 is 2.80 bits per heavy atom. The van der Waals surface area contributed by atoms with Crippen molar-refractivity contribution in [2.45, 2.75) is 20.3 Å². The Morgan fingerprint density at radius 2 is 2.15 bits per heavy atom. The van der Waals surface area contributed by atoms with Crippen LogP contribution in [0.1, 0.15) is 28.6 Å². The number of anilines is 1. The summed E-state index contributed by atoms with van der Waals surface area (Å²) >= 11 is 1.52. The van der Waals surface area contributed by atoms with Crippen LogP contribution in [0.2, 0.25) is 0 Å². The van der Waals surface area contributed by atoms with E-state index in [0.717, 1.165) is 23.1 Å². The molecule has 1 aliphatic rings. The van der Waals surface area contributed by atoms with Crippen molar-refractivity contribution in [1.29, 1.82) is 0 Å². The zero-order valence-electron chi connectivity index (χ0n) is 11.8. The van der Waals surface area contributed by atoms with Crippen molar-refractivity contribution < 1.29 is 4.79 Å². The Bertz CT molecular complexity index is 715. The Labute approximate surface area is 122 Å². The molecule has 3 rings (SSSR count). The van der Waals surface area contributed by atoms with E-state index < -0.39 is 0 Å². The van der Waals surface area contributed by atoms with Crippen LogP contribution >= 0.6 is 11.3 Å². The third-order valence-electron chi connectivity index (χ3n) is 3.87. The van der Waals surface area contributed by atoms with Gasteiger partial charge in [0.15, 0.2) is 0 Å². The number of nitrogen functional groups attached to an aromatic ring is 1. The first-order valence-corrected chi connectivity index (χ1v) is 7.62. The van der Waals surface area contributed by atoms with E-state index in [0.29, 0.717) is 17.1 Å². The maximum absolute atomic E-state index is 12.6. The number of amides is 1. The Hall–Kier alpha value is -1.81. The molecule has 0 atom stereocenters. The van der Waals surface area contributed by atoms with Crippen LogP contribution in [0.5, 0.6) is 0 Å². The standard InChI is InChI=1S/C16H18N2OS/c1-10-6-8-18(9-7-10)16(19)15-13(17)12-5-3-4-11(2)14(12)20-15/h3-6H,7-9,17H2,1-2H3. The minimum atomic E-state index is 0.0619. The first kappa shape index (κ1) is 13.2. The lowest BCUT2D eigenvalue weighted by molar-refractivity contribution is 0.0775. The summed E-state index contributed by atoms with van der Waals surface area (Å²) in [5, 5.41) is 1.00. The number of fused-ring (bicyclic) bond motifs is 1. The van der Waals surface area contributed by atoms with Crippen molar-refractivity contribution in [3.8, 4) is 0 Å². The van der Waals surface area contributed by atoms with Crippen LogP contribution in [0.4, 0.5) is 5.69 Å². The van der Waals surface area contributed by atoms with E-state index in [1.165, 1.54) is 22.5 Å². The lowest BCUT2D eigenvalue weighted by Gasteiger charge is -2.25. The van der Waals surface area contributed by atoms with Gasteiger partial charge in [0.2, 0.25) is 0 Å². The van der Waals surface area contributed by atoms with Crippen molar-refractivity contribution in [2.75, 3.05) is 18.8 Å². The van der Waals surface area contributed by atoms with E-state index >= 15 is 0 Å². The molecule has 0 spiro atoms. The number of hydrogen-bond acceptors (Lipinski definition) is 3. The fourth-order valence-corrected chi connectivity index (χ4v) is 3.69. The molecule has 3 nitrogen and oxygen atoms in total. The van der Waals surface area contributed by atoms with Crippen molar-refractivity contribution in [1.82, 2.24) is 4.90 Å². The SMILES string of the molecule is CC1=CCN(C(=O)c2sc3c(C)cccc3c2N)CC1. The van der Waals surface area contributed by atoms with Gasteiger partial charge in [0.1, 0.15) is 4.88 Å². The molecule has 2 N–H and O–H groups in total. The van der Waals surface area contributed by atoms with E-state index in [1.807, 2.05) is 17.0 Å². The number of thiophene rings is 1. The van der Waals surface area contributed by atoms with Crippen LogP contribution in [0, 0.1) is 6.92 Å². The van der Waals surface area contributed by atoms with E-state index in [1.54, 1.807) is 0 Å². The summed E-state index contributed by atoms with van der Waals surface area (Å²) in [6.07, 6.45) is 3.08. The van der Waals surface area contributed by atoms with Crippen molar-refractivity contribution >= 4 is 33.0 Å². The lowest BCUT2D eigenvalue weighted by Crippen LogP contribution is -2.34. The second-order valence-electron chi connectivity index (χ2n) is 5.35. The van der Waals surface area contributed by atoms with Gasteiger partial charge < -0.3 is 10.6 Å². The molecular formula is C16H18N2OS. The number of carbonyl (C=O) groups excluding carboxylic acids is 1. The number of aryl methyl sites for hydroxylation is 1. The Morgan fingerprint density at radius 1 is 1.35 bits per heavy atom. The quantitative estimate of drug-likeness (QED) is 0.814. The predicted molar refractivity (Wildman–Crippen MR) is 85.3 cm³/mol. The number of nitrogens with zero attached hydrogens (tertiary/aromatic N) is 1. The van der Waals surface area contributed by atoms with Crippen LogP contribution in [0.15, 0.2) is 29.8 Å². The molecule has 0 bridgehead atoms. The third kappa shape index (κ3) is 2.10. The number of hydrogen-bond donors (Lipinski definition) is 1. The summed E-state index contributed by atoms with van der Waals surface area (Å²) in [5.74, 6) is 0.0619. The highest BCUT2D eigenvalue weighted by Gasteiger charge is 2.23. The smallest absolute Gasteiger partial charge is 0.266 e. The molecule has 0 unspecified atom stereocenters. The van der Waals surface area contributed by atoms with Crippen LogP contribution in [-0.2, 0) is 0 Å². The molecule has 0 saturated carbocycles. The molecule has 0 fully saturated rings. The van der Waals surface area contributed by atoms with Crippen LogP contribution < -0.4 is 5.73 Å². The number of benzene rings is 1. The summed E-state index contributed by atoms with van der Waals surface area (Å²) in [6.45, 7) is 5.64. The zero-order valence-corrected chi connectivity index (χ0v) is 12.6. The van der Waals surface area contributed by atoms with Gasteiger partial charge >= 0.3 is 0 Å². The second kappa shape index (κ2) is 4.94. The highest BCUT2D eigenvalue weighted by molar-refractivity contribution is 7.21. The fraction of sp³-hybridized carbons (Fsp3) is 0.312. The minimum absolute atomic E-state index is 0.0619. The Balaban J connectivity index is 2.00. The summed E-state index contributed by atoms with van der Waals surface area (Å²) in [5.41, 5.74) is 9.35. The summed E-state index contributed by atoms with van der Waals surface area (Å²) in [4.78, 5) is 15.2. The molecular weight excluding hydrogens is 268 g/mol. The molecule has 0 saturated heterocycles. The summed E-state index contributed by atoms with van der Waals surface area (Å²) in [7, 11) is 0. The van der Waals surface area contributed by atoms with Gasteiger partial charge in [-0.1, -0.05) is 29.8 Å². The molecule has 0 radical (unpaired) electrons. The molecule has 0 aliphatic carbocycles. The first-order chi connectivity index (χ1) is 9.58. The molecule has 2 heterocycles. The number of carbonyl (C=O) groups is 1. The van der Waals surface area contributed by atoms with Crippen molar-refractivity contribution in [2.24, 2.45) is 0 Å². The average Bonchev–Trinajstić information content (AvgIpc) is 2.78. The summed E-state index contributed by atoms with van der Waals surface area (Å²) in [6, 6.07) is 6.03. The monoisotopic (exact) mass is 286 g/mol. The number of rotatable bonds is 1. The third-order valence-corrected chi connectivity index (χ3v) is 5.21. The molecule has 2 aromatic rings. The van der Waals surface area contributed by atoms with Gasteiger partial charge in [-0.2, -0.15) is 0 Å². The van der Waals surface area contributed by atoms with Gasteiger partial charge in [-0.3, -0.25) is 4.79 Å². The normalized spacial score (nSPS) is 15.5. The molecule has 104 valence electrons. The highest BCUT2D eigenvalue weighted by atomic mass is 32.1. The molecule has 20 heavy (non-hydrogen) atoms. The van der Waals surface area contributed by atoms with Gasteiger partial charge in [-0.25, -0.2) is 0 Å². The largest absolute Gasteiger partial charge is 0.397 e. The maximum atomic E-state index is 12.6. The van der Waals surface area contributed by atoms with Crippen LogP contribution in [0.3, 0.4) is 0 Å². The molecule has 1 amide bonds. The van der Waals surface area contributed by atoms with E-state index in [9.17, 15) is 4.79 Å². The van der Waals surface area contributed by atoms with Gasteiger partial charge in [-0.05, 0) is 25.8 Å². The van der Waals surface area contributed by atoms with Gasteiger partial charge in [0.25, 0.3) is 5.91 Å². The lowest BCUT2D eigenvalue weighted by atomic mass is 10.1. The van der Waals surface area contributed by atoms with E-state index in [2.05, 4.69) is 26.0 Å². The average molecular weight is 286 g/mol. The van der Waals surface area contributed by atoms with Crippen molar-refractivity contribution in [3.63, 3.8) is 0 Å². The molecule has 1 aliphatic heterocycles.